The highest BCUT2D eigenvalue weighted by atomic mass is 19.3. The number of alkyl halides is 2. The number of aromatic nitrogens is 4. The molecular formula is C38H35F2N7O5. The van der Waals surface area contributed by atoms with Gasteiger partial charge in [-0.25, -0.2) is 8.78 Å². The summed E-state index contributed by atoms with van der Waals surface area (Å²) < 4.78 is 28.9. The van der Waals surface area contributed by atoms with Crippen LogP contribution in [0.4, 0.5) is 8.78 Å². The molecule has 3 amide bonds. The van der Waals surface area contributed by atoms with E-state index < -0.39 is 24.9 Å². The summed E-state index contributed by atoms with van der Waals surface area (Å²) >= 11 is 0. The van der Waals surface area contributed by atoms with Crippen molar-refractivity contribution in [3.8, 4) is 22.3 Å². The molecule has 0 spiro atoms. The number of halogens is 2. The molecule has 0 radical (unpaired) electrons. The van der Waals surface area contributed by atoms with Gasteiger partial charge >= 0.3 is 0 Å². The molecule has 2 saturated heterocycles. The van der Waals surface area contributed by atoms with E-state index in [1.807, 2.05) is 24.3 Å². The molecule has 0 saturated carbocycles. The Kier molecular flexibility index (Phi) is 8.61. The number of pyridine rings is 2. The van der Waals surface area contributed by atoms with Gasteiger partial charge in [0.15, 0.2) is 0 Å². The quantitative estimate of drug-likeness (QED) is 0.285. The van der Waals surface area contributed by atoms with Gasteiger partial charge in [0.1, 0.15) is 17.6 Å². The number of fused-ring (bicyclic) bond motifs is 2. The van der Waals surface area contributed by atoms with Crippen LogP contribution in [0.3, 0.4) is 0 Å². The van der Waals surface area contributed by atoms with Crippen LogP contribution < -0.4 is 11.1 Å². The predicted octanol–water partition coefficient (Wildman–Crippen LogP) is 4.07. The van der Waals surface area contributed by atoms with Gasteiger partial charge in [0.2, 0.25) is 5.91 Å². The maximum Gasteiger partial charge on any atom is 0.282 e. The Morgan fingerprint density at radius 1 is 0.635 bits per heavy atom. The van der Waals surface area contributed by atoms with Crippen LogP contribution in [0.2, 0.25) is 0 Å². The van der Waals surface area contributed by atoms with Crippen molar-refractivity contribution in [3.05, 3.63) is 117 Å². The molecule has 0 bridgehead atoms. The Morgan fingerprint density at radius 2 is 1.08 bits per heavy atom. The van der Waals surface area contributed by atoms with Crippen LogP contribution in [0.5, 0.6) is 0 Å². The highest BCUT2D eigenvalue weighted by Crippen LogP contribution is 2.30. The van der Waals surface area contributed by atoms with Gasteiger partial charge in [-0.05, 0) is 47.5 Å². The van der Waals surface area contributed by atoms with Crippen molar-refractivity contribution in [1.29, 1.82) is 0 Å². The minimum Gasteiger partial charge on any atom is -0.357 e. The molecule has 14 heteroatoms. The Balaban J connectivity index is 0.000000162. The number of likely N-dealkylation sites (N-methyl/N-ethyl adjacent to an activating group) is 1. The first-order valence-corrected chi connectivity index (χ1v) is 16.6. The van der Waals surface area contributed by atoms with Crippen LogP contribution in [0.25, 0.3) is 44.1 Å². The predicted molar refractivity (Wildman–Crippen MR) is 192 cm³/mol. The molecule has 4 aromatic heterocycles. The molecule has 52 heavy (non-hydrogen) atoms. The minimum absolute atomic E-state index is 0.0497. The minimum atomic E-state index is -2.77. The number of carbonyl (C=O) groups is 3. The zero-order chi connectivity index (χ0) is 36.9. The fraction of sp³-hybridized carbons (Fsp3) is 0.237. The number of benzene rings is 2. The van der Waals surface area contributed by atoms with E-state index in [9.17, 15) is 32.8 Å². The highest BCUT2D eigenvalue weighted by molar-refractivity contribution is 5.99. The van der Waals surface area contributed by atoms with Crippen molar-refractivity contribution in [2.45, 2.75) is 5.92 Å². The fourth-order valence-electron chi connectivity index (χ4n) is 6.54. The topological polar surface area (TPSA) is 137 Å². The van der Waals surface area contributed by atoms with Crippen molar-refractivity contribution < 1.29 is 23.2 Å². The number of aromatic amines is 2. The monoisotopic (exact) mass is 707 g/mol. The molecule has 2 aromatic carbocycles. The van der Waals surface area contributed by atoms with E-state index in [0.717, 1.165) is 37.9 Å². The molecule has 0 aliphatic carbocycles. The SMILES string of the molecule is CN1CCN(C(=O)c2ccc(-c3cn(C)c(=O)c4[nH]ccc34)cc2)CC1=O.Cn1cc(-c2ccc(C(=O)N3CC(F)(F)C3)cc2)c2cc[nH]c2c1=O. The van der Waals surface area contributed by atoms with E-state index in [-0.39, 0.29) is 29.5 Å². The lowest BCUT2D eigenvalue weighted by atomic mass is 10.0. The fourth-order valence-corrected chi connectivity index (χ4v) is 6.54. The molecule has 0 unspecified atom stereocenters. The largest absolute Gasteiger partial charge is 0.357 e. The standard InChI is InChI=1S/C20H20N4O3.C18H15F2N3O2/c1-22-9-10-24(12-17(22)25)19(26)14-5-3-13(4-6-14)16-11-23(2)20(27)18-15(16)7-8-21-18;1-22-8-14(13-6-7-21-15(13)17(22)25)11-2-4-12(5-3-11)16(24)23-9-18(19,20)10-23/h3-8,11,21H,9-10,12H2,1-2H3;2-8,21H,9-10H2,1H3. The Hall–Kier alpha value is -6.31. The molecule has 2 fully saturated rings. The molecule has 266 valence electrons. The van der Waals surface area contributed by atoms with E-state index in [1.54, 1.807) is 96.7 Å². The Bertz CT molecular complexity index is 2470. The van der Waals surface area contributed by atoms with Gasteiger partial charge in [0, 0.05) is 92.0 Å². The van der Waals surface area contributed by atoms with Crippen molar-refractivity contribution in [2.24, 2.45) is 14.1 Å². The Labute approximate surface area is 295 Å². The van der Waals surface area contributed by atoms with E-state index in [2.05, 4.69) is 9.97 Å². The summed E-state index contributed by atoms with van der Waals surface area (Å²) in [6.45, 7) is 0.137. The van der Waals surface area contributed by atoms with Gasteiger partial charge in [-0.2, -0.15) is 0 Å². The van der Waals surface area contributed by atoms with Crippen molar-refractivity contribution in [3.63, 3.8) is 0 Å². The average Bonchev–Trinajstić information content (AvgIpc) is 3.83. The van der Waals surface area contributed by atoms with Gasteiger partial charge in [-0.1, -0.05) is 24.3 Å². The van der Waals surface area contributed by atoms with E-state index in [0.29, 0.717) is 35.2 Å². The number of likely N-dealkylation sites (tertiary alicyclic amines) is 1. The number of carbonyl (C=O) groups excluding carboxylic acids is 3. The van der Waals surface area contributed by atoms with Gasteiger partial charge in [0.05, 0.1) is 13.1 Å². The van der Waals surface area contributed by atoms with E-state index >= 15 is 0 Å². The zero-order valence-electron chi connectivity index (χ0n) is 28.7. The van der Waals surface area contributed by atoms with Crippen molar-refractivity contribution >= 4 is 39.5 Å². The van der Waals surface area contributed by atoms with Crippen LogP contribution >= 0.6 is 0 Å². The van der Waals surface area contributed by atoms with Crippen LogP contribution in [0.15, 0.2) is 95.0 Å². The lowest BCUT2D eigenvalue weighted by molar-refractivity contribution is -0.133. The second-order valence-electron chi connectivity index (χ2n) is 13.2. The van der Waals surface area contributed by atoms with Crippen molar-refractivity contribution in [2.75, 3.05) is 39.8 Å². The molecule has 12 nitrogen and oxygen atoms in total. The summed E-state index contributed by atoms with van der Waals surface area (Å²) in [6, 6.07) is 17.8. The first-order chi connectivity index (χ1) is 24.8. The number of piperazine rings is 1. The normalized spacial score (nSPS) is 15.4. The summed E-state index contributed by atoms with van der Waals surface area (Å²) in [5, 5.41) is 1.64. The van der Waals surface area contributed by atoms with E-state index in [4.69, 9.17) is 0 Å². The lowest BCUT2D eigenvalue weighted by Gasteiger charge is -2.38. The molecule has 8 rings (SSSR count). The number of nitrogens with zero attached hydrogens (tertiary/aromatic N) is 5. The molecule has 6 aromatic rings. The van der Waals surface area contributed by atoms with Crippen molar-refractivity contribution in [1.82, 2.24) is 33.8 Å². The second kappa shape index (κ2) is 13.1. The molecule has 2 N–H and O–H groups in total. The highest BCUT2D eigenvalue weighted by Gasteiger charge is 2.46. The number of H-pyrrole nitrogens is 2. The third-order valence-corrected chi connectivity index (χ3v) is 9.55. The third-order valence-electron chi connectivity index (χ3n) is 9.55. The number of hydrogen-bond acceptors (Lipinski definition) is 5. The second-order valence-corrected chi connectivity index (χ2v) is 13.2. The first-order valence-electron chi connectivity index (χ1n) is 16.6. The summed E-state index contributed by atoms with van der Waals surface area (Å²) in [5.74, 6) is -3.36. The van der Waals surface area contributed by atoms with Crippen LogP contribution in [0.1, 0.15) is 20.7 Å². The number of amides is 3. The number of nitrogens with one attached hydrogen (secondary N) is 2. The zero-order valence-corrected chi connectivity index (χ0v) is 28.7. The average molecular weight is 708 g/mol. The molecule has 0 atom stereocenters. The molecule has 6 heterocycles. The smallest absolute Gasteiger partial charge is 0.282 e. The maximum absolute atomic E-state index is 12.9. The number of aryl methyl sites for hydroxylation is 2. The third kappa shape index (κ3) is 6.27. The molecular weight excluding hydrogens is 672 g/mol. The van der Waals surface area contributed by atoms with Crippen LogP contribution in [0, 0.1) is 0 Å². The summed E-state index contributed by atoms with van der Waals surface area (Å²) in [7, 11) is 5.14. The lowest BCUT2D eigenvalue weighted by Crippen LogP contribution is -2.58. The Morgan fingerprint density at radius 3 is 1.50 bits per heavy atom. The molecule has 2 aliphatic heterocycles. The van der Waals surface area contributed by atoms with Crippen LogP contribution in [-0.2, 0) is 18.9 Å². The van der Waals surface area contributed by atoms with Crippen LogP contribution in [-0.4, -0.2) is 97.2 Å². The summed E-state index contributed by atoms with van der Waals surface area (Å²) in [5.41, 5.74) is 5.33. The van der Waals surface area contributed by atoms with Gasteiger partial charge < -0.3 is 33.8 Å². The summed E-state index contributed by atoms with van der Waals surface area (Å²) in [4.78, 5) is 71.3. The van der Waals surface area contributed by atoms with E-state index in [1.165, 1.54) is 4.57 Å². The van der Waals surface area contributed by atoms with Gasteiger partial charge in [-0.15, -0.1) is 0 Å². The molecule has 2 aliphatic rings. The summed E-state index contributed by atoms with van der Waals surface area (Å²) in [6.07, 6.45) is 7.00. The maximum atomic E-state index is 12.9. The first kappa shape index (κ1) is 34.2. The van der Waals surface area contributed by atoms with Gasteiger partial charge in [-0.3, -0.25) is 24.0 Å². The number of hydrogen-bond donors (Lipinski definition) is 2. The van der Waals surface area contributed by atoms with Gasteiger partial charge in [0.25, 0.3) is 28.9 Å². The number of rotatable bonds is 4.